The number of ketones is 1. The first-order chi connectivity index (χ1) is 10.2. The molecule has 3 N–H and O–H groups in total. The van der Waals surface area contributed by atoms with Gasteiger partial charge in [0.2, 0.25) is 0 Å². The first-order valence-corrected chi connectivity index (χ1v) is 6.62. The largest absolute Gasteiger partial charge is 0.448 e. The summed E-state index contributed by atoms with van der Waals surface area (Å²) in [5.74, 6) is -1.69. The van der Waals surface area contributed by atoms with E-state index in [1.807, 2.05) is 5.32 Å². The number of carbonyl (C=O) groups excluding carboxylic acids is 4. The average Bonchev–Trinajstić information content (AvgIpc) is 2.73. The number of carbonyl (C=O) groups is 4. The number of hydrogen-bond acceptors (Lipinski definition) is 5. The Morgan fingerprint density at radius 2 is 1.77 bits per heavy atom. The monoisotopic (exact) mass is 309 g/mol. The Labute approximate surface area is 127 Å². The summed E-state index contributed by atoms with van der Waals surface area (Å²) in [5, 5.41) is 4.22. The smallest absolute Gasteiger partial charge is 0.355 e. The van der Waals surface area contributed by atoms with Gasteiger partial charge in [-0.1, -0.05) is 0 Å². The van der Waals surface area contributed by atoms with Crippen molar-refractivity contribution in [1.82, 2.24) is 15.6 Å². The van der Waals surface area contributed by atoms with Gasteiger partial charge in [-0.15, -0.1) is 0 Å². The van der Waals surface area contributed by atoms with Crippen LogP contribution in [-0.4, -0.2) is 41.8 Å². The van der Waals surface area contributed by atoms with Crippen LogP contribution in [0.25, 0.3) is 0 Å². The molecule has 0 radical (unpaired) electrons. The van der Waals surface area contributed by atoms with Gasteiger partial charge < -0.3 is 15.0 Å². The summed E-state index contributed by atoms with van der Waals surface area (Å²) in [4.78, 5) is 49.1. The number of aromatic nitrogens is 1. The van der Waals surface area contributed by atoms with Crippen molar-refractivity contribution in [3.63, 3.8) is 0 Å². The van der Waals surface area contributed by atoms with Gasteiger partial charge in [0.15, 0.2) is 11.9 Å². The highest BCUT2D eigenvalue weighted by molar-refractivity contribution is 6.02. The maximum absolute atomic E-state index is 12.1. The van der Waals surface area contributed by atoms with Gasteiger partial charge in [0.05, 0.1) is 0 Å². The predicted octanol–water partition coefficient (Wildman–Crippen LogP) is 0.835. The van der Waals surface area contributed by atoms with E-state index in [-0.39, 0.29) is 11.5 Å². The number of hydrogen-bond donors (Lipinski definition) is 3. The molecule has 120 valence electrons. The fourth-order valence-electron chi connectivity index (χ4n) is 2.03. The van der Waals surface area contributed by atoms with Crippen LogP contribution < -0.4 is 10.6 Å². The molecule has 0 aromatic carbocycles. The minimum atomic E-state index is -1.16. The molecule has 22 heavy (non-hydrogen) atoms. The molecule has 1 atom stereocenters. The molecule has 1 unspecified atom stereocenters. The standard InChI is InChI=1S/C14H19N3O5/c1-6-10(8(3)18)7(2)16-11(6)13(20)22-9(4)12(19)17-14(21)15-5/h9,16H,1-5H3,(H2,15,17,19,21). The molecule has 0 aliphatic heterocycles. The van der Waals surface area contributed by atoms with Gasteiger partial charge in [-0.2, -0.15) is 0 Å². The molecule has 1 aromatic heterocycles. The quantitative estimate of drug-likeness (QED) is 0.562. The number of aryl methyl sites for hydroxylation is 1. The first-order valence-electron chi connectivity index (χ1n) is 6.62. The minimum absolute atomic E-state index is 0.113. The Balaban J connectivity index is 2.86. The van der Waals surface area contributed by atoms with Crippen molar-refractivity contribution in [2.45, 2.75) is 33.8 Å². The molecule has 0 fully saturated rings. The van der Waals surface area contributed by atoms with Crippen LogP contribution >= 0.6 is 0 Å². The third-order valence-electron chi connectivity index (χ3n) is 3.11. The molecule has 8 nitrogen and oxygen atoms in total. The molecule has 3 amide bonds. The van der Waals surface area contributed by atoms with Crippen LogP contribution in [0, 0.1) is 13.8 Å². The topological polar surface area (TPSA) is 117 Å². The van der Waals surface area contributed by atoms with Gasteiger partial charge in [-0.25, -0.2) is 9.59 Å². The molecule has 0 aliphatic rings. The van der Waals surface area contributed by atoms with Crippen molar-refractivity contribution < 1.29 is 23.9 Å². The molecule has 8 heteroatoms. The third kappa shape index (κ3) is 3.72. The zero-order valence-corrected chi connectivity index (χ0v) is 13.1. The fraction of sp³-hybridized carbons (Fsp3) is 0.429. The van der Waals surface area contributed by atoms with Crippen molar-refractivity contribution in [3.8, 4) is 0 Å². The molecule has 1 rings (SSSR count). The van der Waals surface area contributed by atoms with Gasteiger partial charge in [-0.3, -0.25) is 14.9 Å². The van der Waals surface area contributed by atoms with Crippen LogP contribution in [0.1, 0.15) is 46.0 Å². The number of ether oxygens (including phenoxy) is 1. The molecular formula is C14H19N3O5. The second-order valence-corrected chi connectivity index (χ2v) is 4.80. The summed E-state index contributed by atoms with van der Waals surface area (Å²) < 4.78 is 5.00. The number of rotatable bonds is 4. The number of aromatic amines is 1. The van der Waals surface area contributed by atoms with E-state index in [1.54, 1.807) is 13.8 Å². The van der Waals surface area contributed by atoms with E-state index in [9.17, 15) is 19.2 Å². The van der Waals surface area contributed by atoms with E-state index in [4.69, 9.17) is 4.74 Å². The average molecular weight is 309 g/mol. The molecule has 1 aromatic rings. The van der Waals surface area contributed by atoms with Crippen molar-refractivity contribution in [2.24, 2.45) is 0 Å². The van der Waals surface area contributed by atoms with Gasteiger partial charge in [0.25, 0.3) is 5.91 Å². The zero-order chi connectivity index (χ0) is 17.0. The molecule has 0 bridgehead atoms. The lowest BCUT2D eigenvalue weighted by Crippen LogP contribution is -2.43. The Bertz CT molecular complexity index is 633. The first kappa shape index (κ1) is 17.4. The van der Waals surface area contributed by atoms with E-state index in [1.165, 1.54) is 20.9 Å². The van der Waals surface area contributed by atoms with Crippen LogP contribution in [0.15, 0.2) is 0 Å². The lowest BCUT2D eigenvalue weighted by atomic mass is 10.1. The highest BCUT2D eigenvalue weighted by atomic mass is 16.5. The van der Waals surface area contributed by atoms with Crippen LogP contribution in [0.5, 0.6) is 0 Å². The number of imide groups is 1. The predicted molar refractivity (Wildman–Crippen MR) is 77.7 cm³/mol. The molecular weight excluding hydrogens is 290 g/mol. The minimum Gasteiger partial charge on any atom is -0.448 e. The third-order valence-corrected chi connectivity index (χ3v) is 3.11. The second kappa shape index (κ2) is 6.88. The normalized spacial score (nSPS) is 11.5. The maximum Gasteiger partial charge on any atom is 0.355 e. The summed E-state index contributed by atoms with van der Waals surface area (Å²) in [7, 11) is 1.35. The maximum atomic E-state index is 12.1. The summed E-state index contributed by atoms with van der Waals surface area (Å²) in [5.41, 5.74) is 1.56. The van der Waals surface area contributed by atoms with Crippen LogP contribution in [0.4, 0.5) is 4.79 Å². The van der Waals surface area contributed by atoms with E-state index in [0.29, 0.717) is 16.8 Å². The van der Waals surface area contributed by atoms with E-state index < -0.39 is 24.0 Å². The lowest BCUT2D eigenvalue weighted by molar-refractivity contribution is -0.127. The summed E-state index contributed by atoms with van der Waals surface area (Å²) in [6, 6.07) is -0.696. The van der Waals surface area contributed by atoms with Crippen molar-refractivity contribution in [1.29, 1.82) is 0 Å². The number of nitrogens with one attached hydrogen (secondary N) is 3. The Hall–Kier alpha value is -2.64. The Morgan fingerprint density at radius 3 is 2.23 bits per heavy atom. The van der Waals surface area contributed by atoms with Crippen molar-refractivity contribution in [3.05, 3.63) is 22.5 Å². The van der Waals surface area contributed by atoms with Gasteiger partial charge in [0, 0.05) is 18.3 Å². The van der Waals surface area contributed by atoms with Crippen molar-refractivity contribution in [2.75, 3.05) is 7.05 Å². The van der Waals surface area contributed by atoms with E-state index in [0.717, 1.165) is 0 Å². The Kier molecular flexibility index (Phi) is 5.44. The molecule has 1 heterocycles. The van der Waals surface area contributed by atoms with Crippen LogP contribution in [0.2, 0.25) is 0 Å². The summed E-state index contributed by atoms with van der Waals surface area (Å²) in [6.45, 7) is 6.03. The highest BCUT2D eigenvalue weighted by Gasteiger charge is 2.25. The highest BCUT2D eigenvalue weighted by Crippen LogP contribution is 2.19. The van der Waals surface area contributed by atoms with Crippen LogP contribution in [-0.2, 0) is 9.53 Å². The summed E-state index contributed by atoms with van der Waals surface area (Å²) in [6.07, 6.45) is -1.16. The number of amides is 3. The van der Waals surface area contributed by atoms with Crippen LogP contribution in [0.3, 0.4) is 0 Å². The number of Topliss-reactive ketones (excluding diaryl/α,β-unsaturated/α-hetero) is 1. The van der Waals surface area contributed by atoms with E-state index in [2.05, 4.69) is 10.3 Å². The Morgan fingerprint density at radius 1 is 1.18 bits per heavy atom. The molecule has 0 saturated heterocycles. The summed E-state index contributed by atoms with van der Waals surface area (Å²) >= 11 is 0. The number of urea groups is 1. The number of esters is 1. The SMILES string of the molecule is CNC(=O)NC(=O)C(C)OC(=O)c1[nH]c(C)c(C(C)=O)c1C. The van der Waals surface area contributed by atoms with Gasteiger partial charge >= 0.3 is 12.0 Å². The molecule has 0 spiro atoms. The lowest BCUT2D eigenvalue weighted by Gasteiger charge is -2.12. The number of H-pyrrole nitrogens is 1. The molecule has 0 saturated carbocycles. The van der Waals surface area contributed by atoms with Gasteiger partial charge in [0.1, 0.15) is 5.69 Å². The van der Waals surface area contributed by atoms with Gasteiger partial charge in [-0.05, 0) is 33.3 Å². The molecule has 0 aliphatic carbocycles. The second-order valence-electron chi connectivity index (χ2n) is 4.80. The fourth-order valence-corrected chi connectivity index (χ4v) is 2.03. The van der Waals surface area contributed by atoms with E-state index >= 15 is 0 Å². The van der Waals surface area contributed by atoms with Crippen molar-refractivity contribution >= 4 is 23.7 Å². The zero-order valence-electron chi connectivity index (χ0n) is 13.1.